The molecule has 0 radical (unpaired) electrons. The van der Waals surface area contributed by atoms with E-state index < -0.39 is 0 Å². The number of likely N-dealkylation sites (tertiary alicyclic amines) is 1. The second-order valence-corrected chi connectivity index (χ2v) is 8.50. The molecule has 2 bridgehead atoms. The van der Waals surface area contributed by atoms with Crippen LogP contribution >= 0.6 is 0 Å². The Kier molecular flexibility index (Phi) is 5.07. The van der Waals surface area contributed by atoms with Crippen LogP contribution in [0.1, 0.15) is 42.8 Å². The van der Waals surface area contributed by atoms with E-state index in [9.17, 15) is 14.7 Å². The number of hydrogen-bond donors (Lipinski definition) is 2. The van der Waals surface area contributed by atoms with E-state index in [-0.39, 0.29) is 30.5 Å². The highest BCUT2D eigenvalue weighted by atomic mass is 16.3. The van der Waals surface area contributed by atoms with Gasteiger partial charge in [-0.15, -0.1) is 0 Å². The van der Waals surface area contributed by atoms with Gasteiger partial charge in [-0.05, 0) is 51.5 Å². The van der Waals surface area contributed by atoms with Crippen molar-refractivity contribution in [3.8, 4) is 0 Å². The summed E-state index contributed by atoms with van der Waals surface area (Å²) < 4.78 is 0. The Balaban J connectivity index is 1.52. The fourth-order valence-electron chi connectivity index (χ4n) is 5.58. The molecule has 0 aromatic carbocycles. The number of amides is 1. The number of fused-ring (bicyclic) bond motifs is 4. The van der Waals surface area contributed by atoms with E-state index in [0.717, 1.165) is 25.9 Å². The number of nitrogens with one attached hydrogen (secondary N) is 1. The van der Waals surface area contributed by atoms with Gasteiger partial charge in [0.15, 0.2) is 0 Å². The third-order valence-corrected chi connectivity index (χ3v) is 6.83. The first kappa shape index (κ1) is 18.6. The van der Waals surface area contributed by atoms with E-state index in [0.29, 0.717) is 41.5 Å². The quantitative estimate of drug-likeness (QED) is 0.810. The molecule has 1 amide bonds. The molecule has 1 aromatic rings. The van der Waals surface area contributed by atoms with Crippen LogP contribution in [0.3, 0.4) is 0 Å². The number of carbonyl (C=O) groups excluding carboxylic acids is 1. The van der Waals surface area contributed by atoms with E-state index in [4.69, 9.17) is 0 Å². The lowest BCUT2D eigenvalue weighted by Crippen LogP contribution is -2.65. The van der Waals surface area contributed by atoms with Crippen molar-refractivity contribution < 1.29 is 9.90 Å². The Labute approximate surface area is 159 Å². The van der Waals surface area contributed by atoms with Gasteiger partial charge in [0, 0.05) is 36.4 Å². The summed E-state index contributed by atoms with van der Waals surface area (Å²) in [5, 5.41) is 10.0. The van der Waals surface area contributed by atoms with E-state index in [1.54, 1.807) is 13.8 Å². The first-order valence-electron chi connectivity index (χ1n) is 10.2. The predicted molar refractivity (Wildman–Crippen MR) is 101 cm³/mol. The fourth-order valence-corrected chi connectivity index (χ4v) is 5.58. The highest BCUT2D eigenvalue weighted by Gasteiger charge is 2.47. The number of aliphatic hydroxyl groups excluding tert-OH is 1. The van der Waals surface area contributed by atoms with Crippen LogP contribution in [0.15, 0.2) is 4.79 Å². The summed E-state index contributed by atoms with van der Waals surface area (Å²) in [6.45, 7) is 6.22. The van der Waals surface area contributed by atoms with Crippen LogP contribution in [0.5, 0.6) is 0 Å². The van der Waals surface area contributed by atoms with Gasteiger partial charge in [0.05, 0.1) is 13.0 Å². The number of aliphatic hydroxyl groups is 1. The summed E-state index contributed by atoms with van der Waals surface area (Å²) in [5.74, 6) is 1.38. The minimum atomic E-state index is -0.211. The number of H-pyrrole nitrogens is 1. The van der Waals surface area contributed by atoms with Gasteiger partial charge < -0.3 is 15.0 Å². The Morgan fingerprint density at radius 1 is 1.26 bits per heavy atom. The molecule has 4 rings (SSSR count). The molecule has 3 aliphatic heterocycles. The van der Waals surface area contributed by atoms with Crippen LogP contribution in [-0.4, -0.2) is 69.1 Å². The molecule has 2 N–H and O–H groups in total. The number of rotatable bonds is 3. The predicted octanol–water partition coefficient (Wildman–Crippen LogP) is 0.623. The van der Waals surface area contributed by atoms with Gasteiger partial charge in [-0.3, -0.25) is 14.5 Å². The van der Waals surface area contributed by atoms with Crippen LogP contribution in [0.4, 0.5) is 0 Å². The first-order chi connectivity index (χ1) is 13.0. The maximum absolute atomic E-state index is 13.0. The molecule has 27 heavy (non-hydrogen) atoms. The van der Waals surface area contributed by atoms with E-state index in [2.05, 4.69) is 14.9 Å². The maximum Gasteiger partial charge on any atom is 0.254 e. The van der Waals surface area contributed by atoms with Crippen molar-refractivity contribution in [2.75, 3.05) is 26.2 Å². The van der Waals surface area contributed by atoms with Crippen LogP contribution in [0.2, 0.25) is 0 Å². The molecule has 3 aliphatic rings. The van der Waals surface area contributed by atoms with Gasteiger partial charge in [0.1, 0.15) is 5.82 Å². The van der Waals surface area contributed by atoms with Gasteiger partial charge >= 0.3 is 0 Å². The Bertz CT molecular complexity index is 763. The standard InChI is InChI=1S/C20H30N4O3/c1-12-16(20(27)22-13(2)21-12)8-19(26)23-9-14-7-15(10-23)18(11-25)24-6-4-3-5-17(14)24/h14-15,17-18,25H,3-11H2,1-2H3,(H,21,22,27)/t14-,15+,17+,18+/m1/s1. The normalized spacial score (nSPS) is 30.9. The second kappa shape index (κ2) is 7.36. The summed E-state index contributed by atoms with van der Waals surface area (Å²) in [4.78, 5) is 36.7. The monoisotopic (exact) mass is 374 g/mol. The molecule has 4 heterocycles. The third-order valence-electron chi connectivity index (χ3n) is 6.83. The zero-order valence-electron chi connectivity index (χ0n) is 16.3. The van der Waals surface area contributed by atoms with E-state index in [1.807, 2.05) is 4.90 Å². The number of aromatic nitrogens is 2. The Hall–Kier alpha value is -1.73. The lowest BCUT2D eigenvalue weighted by atomic mass is 9.72. The van der Waals surface area contributed by atoms with Crippen LogP contribution < -0.4 is 5.56 Å². The van der Waals surface area contributed by atoms with Crippen molar-refractivity contribution in [2.24, 2.45) is 11.8 Å². The second-order valence-electron chi connectivity index (χ2n) is 8.50. The number of carbonyl (C=O) groups is 1. The lowest BCUT2D eigenvalue weighted by Gasteiger charge is -2.56. The zero-order valence-corrected chi connectivity index (χ0v) is 16.3. The largest absolute Gasteiger partial charge is 0.395 e. The van der Waals surface area contributed by atoms with Crippen molar-refractivity contribution in [1.29, 1.82) is 0 Å². The van der Waals surface area contributed by atoms with Gasteiger partial charge in [-0.25, -0.2) is 4.98 Å². The van der Waals surface area contributed by atoms with Crippen LogP contribution in [-0.2, 0) is 11.2 Å². The molecule has 0 unspecified atom stereocenters. The topological polar surface area (TPSA) is 89.5 Å². The fraction of sp³-hybridized carbons (Fsp3) is 0.750. The molecule has 7 nitrogen and oxygen atoms in total. The van der Waals surface area contributed by atoms with Gasteiger partial charge in [0.25, 0.3) is 5.56 Å². The molecule has 0 saturated carbocycles. The smallest absolute Gasteiger partial charge is 0.254 e. The average Bonchev–Trinajstić information content (AvgIpc) is 2.65. The van der Waals surface area contributed by atoms with Crippen LogP contribution in [0.25, 0.3) is 0 Å². The lowest BCUT2D eigenvalue weighted by molar-refractivity contribution is -0.141. The summed E-state index contributed by atoms with van der Waals surface area (Å²) in [5.41, 5.74) is 0.894. The van der Waals surface area contributed by atoms with Crippen molar-refractivity contribution in [2.45, 2.75) is 58.0 Å². The molecule has 148 valence electrons. The molecule has 0 aliphatic carbocycles. The Morgan fingerprint density at radius 3 is 2.78 bits per heavy atom. The van der Waals surface area contributed by atoms with E-state index >= 15 is 0 Å². The summed E-state index contributed by atoms with van der Waals surface area (Å²) >= 11 is 0. The number of piperidine rings is 3. The highest BCUT2D eigenvalue weighted by Crippen LogP contribution is 2.41. The first-order valence-corrected chi connectivity index (χ1v) is 10.2. The van der Waals surface area contributed by atoms with Gasteiger partial charge in [-0.1, -0.05) is 6.42 Å². The van der Waals surface area contributed by atoms with E-state index in [1.165, 1.54) is 12.8 Å². The molecule has 4 atom stereocenters. The molecule has 3 saturated heterocycles. The number of hydrogen-bond acceptors (Lipinski definition) is 5. The van der Waals surface area contributed by atoms with Crippen molar-refractivity contribution in [1.82, 2.24) is 19.8 Å². The van der Waals surface area contributed by atoms with Gasteiger partial charge in [-0.2, -0.15) is 0 Å². The number of nitrogens with zero attached hydrogens (tertiary/aromatic N) is 3. The maximum atomic E-state index is 13.0. The molecule has 3 fully saturated rings. The summed E-state index contributed by atoms with van der Waals surface area (Å²) in [6, 6.07) is 0.641. The molecular weight excluding hydrogens is 344 g/mol. The molecule has 0 spiro atoms. The minimum Gasteiger partial charge on any atom is -0.395 e. The zero-order chi connectivity index (χ0) is 19.1. The third kappa shape index (κ3) is 3.43. The summed E-state index contributed by atoms with van der Waals surface area (Å²) in [6.07, 6.45) is 4.81. The summed E-state index contributed by atoms with van der Waals surface area (Å²) in [7, 11) is 0. The van der Waals surface area contributed by atoms with Crippen molar-refractivity contribution >= 4 is 5.91 Å². The Morgan fingerprint density at radius 2 is 2.04 bits per heavy atom. The molecule has 7 heteroatoms. The SMILES string of the molecule is Cc1nc(C)c(CC(=O)N2C[C@H]3C[C@@H](C2)[C@H](CO)N2CCCC[C@@H]32)c(=O)[nH]1. The number of aromatic amines is 1. The highest BCUT2D eigenvalue weighted by molar-refractivity contribution is 5.79. The number of aryl methyl sites for hydroxylation is 2. The van der Waals surface area contributed by atoms with Crippen LogP contribution in [0, 0.1) is 25.7 Å². The van der Waals surface area contributed by atoms with Crippen molar-refractivity contribution in [3.05, 3.63) is 27.4 Å². The van der Waals surface area contributed by atoms with Gasteiger partial charge in [0.2, 0.25) is 5.91 Å². The average molecular weight is 374 g/mol. The molecule has 1 aromatic heterocycles. The minimum absolute atomic E-state index is 0.00454. The molecular formula is C20H30N4O3. The van der Waals surface area contributed by atoms with Crippen molar-refractivity contribution in [3.63, 3.8) is 0 Å².